The molecule has 9 heteroatoms. The van der Waals surface area contributed by atoms with Crippen molar-refractivity contribution in [3.05, 3.63) is 59.9 Å². The highest BCUT2D eigenvalue weighted by atomic mass is 19.1. The van der Waals surface area contributed by atoms with Crippen molar-refractivity contribution in [1.29, 1.82) is 0 Å². The van der Waals surface area contributed by atoms with E-state index in [2.05, 4.69) is 10.6 Å². The van der Waals surface area contributed by atoms with Gasteiger partial charge in [-0.2, -0.15) is 0 Å². The zero-order valence-corrected chi connectivity index (χ0v) is 16.9. The van der Waals surface area contributed by atoms with Crippen molar-refractivity contribution in [3.8, 4) is 0 Å². The first-order chi connectivity index (χ1) is 14.8. The maximum Gasteiger partial charge on any atom is 0.325 e. The summed E-state index contributed by atoms with van der Waals surface area (Å²) in [6, 6.07) is 11.3. The highest BCUT2D eigenvalue weighted by Gasteiger charge is 2.49. The number of hydrogen-bond acceptors (Lipinski definition) is 4. The summed E-state index contributed by atoms with van der Waals surface area (Å²) in [4.78, 5) is 52.0. The molecule has 0 bridgehead atoms. The minimum absolute atomic E-state index is 0.0690. The Morgan fingerprint density at radius 2 is 1.77 bits per heavy atom. The van der Waals surface area contributed by atoms with Crippen molar-refractivity contribution in [2.45, 2.75) is 25.3 Å². The molecular weight excluding hydrogens is 403 g/mol. The number of halogens is 1. The van der Waals surface area contributed by atoms with E-state index in [1.165, 1.54) is 31.2 Å². The Hall–Kier alpha value is -3.75. The Kier molecular flexibility index (Phi) is 5.18. The van der Waals surface area contributed by atoms with Gasteiger partial charge in [-0.3, -0.25) is 19.3 Å². The van der Waals surface area contributed by atoms with Gasteiger partial charge in [0.1, 0.15) is 17.9 Å². The number of nitrogens with zero attached hydrogens (tertiary/aromatic N) is 2. The summed E-state index contributed by atoms with van der Waals surface area (Å²) in [6.45, 7) is 1.72. The molecule has 2 N–H and O–H groups in total. The van der Waals surface area contributed by atoms with Crippen molar-refractivity contribution >= 4 is 35.1 Å². The minimum atomic E-state index is -1.38. The van der Waals surface area contributed by atoms with Gasteiger partial charge in [-0.05, 0) is 55.3 Å². The molecule has 1 atom stereocenters. The normalized spacial score (nSPS) is 20.9. The Balaban J connectivity index is 1.41. The predicted octanol–water partition coefficient (Wildman–Crippen LogP) is 2.36. The SMILES string of the molecule is C[C@@]1(c2ccc(F)cc2)NC(=O)N(CC(=O)Nc2ccc(N3CCCC3=O)cc2)C1=O. The molecular formula is C22H21FN4O4. The maximum absolute atomic E-state index is 13.2. The average Bonchev–Trinajstić information content (AvgIpc) is 3.26. The molecule has 2 aromatic carbocycles. The first-order valence-corrected chi connectivity index (χ1v) is 9.88. The molecule has 0 saturated carbocycles. The summed E-state index contributed by atoms with van der Waals surface area (Å²) < 4.78 is 13.2. The number of urea groups is 1. The molecule has 0 aliphatic carbocycles. The van der Waals surface area contributed by atoms with Crippen LogP contribution in [0.3, 0.4) is 0 Å². The van der Waals surface area contributed by atoms with E-state index >= 15 is 0 Å². The summed E-state index contributed by atoms with van der Waals surface area (Å²) in [7, 11) is 0. The van der Waals surface area contributed by atoms with E-state index in [1.54, 1.807) is 29.2 Å². The van der Waals surface area contributed by atoms with Gasteiger partial charge in [-0.25, -0.2) is 9.18 Å². The lowest BCUT2D eigenvalue weighted by atomic mass is 9.92. The second-order valence-corrected chi connectivity index (χ2v) is 7.70. The van der Waals surface area contributed by atoms with E-state index in [0.717, 1.165) is 17.0 Å². The summed E-state index contributed by atoms with van der Waals surface area (Å²) in [6.07, 6.45) is 1.35. The first kappa shape index (κ1) is 20.5. The van der Waals surface area contributed by atoms with Crippen LogP contribution >= 0.6 is 0 Å². The van der Waals surface area contributed by atoms with E-state index < -0.39 is 35.7 Å². The number of rotatable bonds is 5. The molecule has 4 rings (SSSR count). The van der Waals surface area contributed by atoms with Gasteiger partial charge in [0.05, 0.1) is 0 Å². The second kappa shape index (κ2) is 7.82. The largest absolute Gasteiger partial charge is 0.325 e. The van der Waals surface area contributed by atoms with Crippen LogP contribution in [0.25, 0.3) is 0 Å². The standard InChI is InChI=1S/C22H21FN4O4/c1-22(14-4-6-15(23)7-5-14)20(30)27(21(31)25-22)13-18(28)24-16-8-10-17(11-9-16)26-12-2-3-19(26)29/h4-11H,2-3,12-13H2,1H3,(H,24,28)(H,25,31)/t22-/m0/s1. The number of carbonyl (C=O) groups excluding carboxylic acids is 4. The molecule has 2 aliphatic heterocycles. The van der Waals surface area contributed by atoms with E-state index in [-0.39, 0.29) is 5.91 Å². The van der Waals surface area contributed by atoms with Gasteiger partial charge in [0.15, 0.2) is 0 Å². The van der Waals surface area contributed by atoms with Crippen molar-refractivity contribution in [1.82, 2.24) is 10.2 Å². The molecule has 2 aliphatic rings. The van der Waals surface area contributed by atoms with Crippen LogP contribution in [0.5, 0.6) is 0 Å². The van der Waals surface area contributed by atoms with E-state index in [9.17, 15) is 23.6 Å². The van der Waals surface area contributed by atoms with E-state index in [4.69, 9.17) is 0 Å². The predicted molar refractivity (Wildman–Crippen MR) is 111 cm³/mol. The highest BCUT2D eigenvalue weighted by Crippen LogP contribution is 2.29. The zero-order chi connectivity index (χ0) is 22.2. The molecule has 2 heterocycles. The van der Waals surface area contributed by atoms with Crippen LogP contribution in [0.4, 0.5) is 20.6 Å². The summed E-state index contributed by atoms with van der Waals surface area (Å²) in [5.74, 6) is -1.53. The molecule has 0 aromatic heterocycles. The van der Waals surface area contributed by atoms with Crippen LogP contribution < -0.4 is 15.5 Å². The number of imide groups is 1. The fraction of sp³-hybridized carbons (Fsp3) is 0.273. The number of carbonyl (C=O) groups is 4. The lowest BCUT2D eigenvalue weighted by Crippen LogP contribution is -2.42. The third kappa shape index (κ3) is 3.86. The smallest absolute Gasteiger partial charge is 0.325 e. The van der Waals surface area contributed by atoms with Crippen molar-refractivity contribution in [3.63, 3.8) is 0 Å². The molecule has 160 valence electrons. The van der Waals surface area contributed by atoms with Crippen LogP contribution in [0.1, 0.15) is 25.3 Å². The third-order valence-corrected chi connectivity index (χ3v) is 5.53. The molecule has 0 spiro atoms. The quantitative estimate of drug-likeness (QED) is 0.720. The monoisotopic (exact) mass is 424 g/mol. The Labute approximate surface area is 178 Å². The summed E-state index contributed by atoms with van der Waals surface area (Å²) in [5.41, 5.74) is 0.273. The molecule has 8 nitrogen and oxygen atoms in total. The zero-order valence-electron chi connectivity index (χ0n) is 16.9. The van der Waals surface area contributed by atoms with E-state index in [0.29, 0.717) is 24.2 Å². The van der Waals surface area contributed by atoms with Crippen LogP contribution in [-0.2, 0) is 19.9 Å². The Bertz CT molecular complexity index is 1050. The lowest BCUT2D eigenvalue weighted by Gasteiger charge is -2.22. The molecule has 5 amide bonds. The Morgan fingerprint density at radius 1 is 1.10 bits per heavy atom. The number of benzene rings is 2. The number of anilines is 2. The van der Waals surface area contributed by atoms with Crippen molar-refractivity contribution < 1.29 is 23.6 Å². The number of amides is 5. The number of nitrogens with one attached hydrogen (secondary N) is 2. The molecule has 2 fully saturated rings. The van der Waals surface area contributed by atoms with Crippen LogP contribution in [0.15, 0.2) is 48.5 Å². The van der Waals surface area contributed by atoms with Gasteiger partial charge < -0.3 is 15.5 Å². The van der Waals surface area contributed by atoms with Gasteiger partial charge in [0.2, 0.25) is 11.8 Å². The second-order valence-electron chi connectivity index (χ2n) is 7.70. The average molecular weight is 424 g/mol. The lowest BCUT2D eigenvalue weighted by molar-refractivity contribution is -0.133. The first-order valence-electron chi connectivity index (χ1n) is 9.88. The van der Waals surface area contributed by atoms with Gasteiger partial charge >= 0.3 is 6.03 Å². The van der Waals surface area contributed by atoms with Gasteiger partial charge in [-0.15, -0.1) is 0 Å². The molecule has 0 radical (unpaired) electrons. The number of hydrogen-bond donors (Lipinski definition) is 2. The molecule has 0 unspecified atom stereocenters. The maximum atomic E-state index is 13.2. The van der Waals surface area contributed by atoms with Gasteiger partial charge in [-0.1, -0.05) is 12.1 Å². The van der Waals surface area contributed by atoms with Crippen molar-refractivity contribution in [2.24, 2.45) is 0 Å². The molecule has 2 aromatic rings. The fourth-order valence-corrected chi connectivity index (χ4v) is 3.81. The summed E-state index contributed by atoms with van der Waals surface area (Å²) >= 11 is 0. The third-order valence-electron chi connectivity index (χ3n) is 5.53. The molecule has 31 heavy (non-hydrogen) atoms. The topological polar surface area (TPSA) is 98.8 Å². The minimum Gasteiger partial charge on any atom is -0.325 e. The molecule has 2 saturated heterocycles. The van der Waals surface area contributed by atoms with Gasteiger partial charge in [0.25, 0.3) is 5.91 Å². The summed E-state index contributed by atoms with van der Waals surface area (Å²) in [5, 5.41) is 5.22. The van der Waals surface area contributed by atoms with Gasteiger partial charge in [0, 0.05) is 24.3 Å². The van der Waals surface area contributed by atoms with Crippen LogP contribution in [0, 0.1) is 5.82 Å². The highest BCUT2D eigenvalue weighted by molar-refractivity contribution is 6.10. The van der Waals surface area contributed by atoms with E-state index in [1.807, 2.05) is 0 Å². The fourth-order valence-electron chi connectivity index (χ4n) is 3.81. The Morgan fingerprint density at radius 3 is 2.39 bits per heavy atom. The van der Waals surface area contributed by atoms with Crippen molar-refractivity contribution in [2.75, 3.05) is 23.3 Å². The van der Waals surface area contributed by atoms with Crippen LogP contribution in [-0.4, -0.2) is 41.7 Å². The van der Waals surface area contributed by atoms with Crippen LogP contribution in [0.2, 0.25) is 0 Å².